The van der Waals surface area contributed by atoms with Crippen LogP contribution in [0.2, 0.25) is 5.02 Å². The van der Waals surface area contributed by atoms with Crippen LogP contribution < -0.4 is 5.32 Å². The lowest BCUT2D eigenvalue weighted by molar-refractivity contribution is 1.31. The number of nitrogens with one attached hydrogen (secondary N) is 1. The molecule has 0 unspecified atom stereocenters. The molecule has 0 aliphatic rings. The van der Waals surface area contributed by atoms with E-state index in [2.05, 4.69) is 5.32 Å². The van der Waals surface area contributed by atoms with Crippen molar-refractivity contribution in [3.05, 3.63) is 39.4 Å². The van der Waals surface area contributed by atoms with Gasteiger partial charge in [0.1, 0.15) is 0 Å². The minimum atomic E-state index is 0.480. The van der Waals surface area contributed by atoms with Gasteiger partial charge in [0, 0.05) is 10.6 Å². The van der Waals surface area contributed by atoms with Crippen LogP contribution in [0.25, 0.3) is 0 Å². The highest BCUT2D eigenvalue weighted by molar-refractivity contribution is 6.37. The van der Waals surface area contributed by atoms with Crippen LogP contribution in [0.1, 0.15) is 5.56 Å². The Bertz CT molecular complexity index is 347. The van der Waals surface area contributed by atoms with Crippen molar-refractivity contribution in [1.82, 2.24) is 0 Å². The van der Waals surface area contributed by atoms with E-state index in [1.807, 2.05) is 25.1 Å². The van der Waals surface area contributed by atoms with Crippen LogP contribution in [0.4, 0.5) is 5.69 Å². The van der Waals surface area contributed by atoms with Gasteiger partial charge in [-0.05, 0) is 24.6 Å². The van der Waals surface area contributed by atoms with Crippen molar-refractivity contribution in [2.45, 2.75) is 6.92 Å². The van der Waals surface area contributed by atoms with Crippen LogP contribution >= 0.6 is 34.8 Å². The van der Waals surface area contributed by atoms with Gasteiger partial charge in [-0.25, -0.2) is 0 Å². The normalized spacial score (nSPS) is 11.6. The molecule has 0 atom stereocenters. The van der Waals surface area contributed by atoms with E-state index >= 15 is 0 Å². The average Bonchev–Trinajstić information content (AvgIpc) is 2.16. The van der Waals surface area contributed by atoms with E-state index in [1.165, 1.54) is 5.54 Å². The van der Waals surface area contributed by atoms with E-state index in [-0.39, 0.29) is 0 Å². The van der Waals surface area contributed by atoms with E-state index in [0.29, 0.717) is 16.6 Å². The Morgan fingerprint density at radius 2 is 2.21 bits per heavy atom. The van der Waals surface area contributed by atoms with Crippen molar-refractivity contribution in [2.75, 3.05) is 11.9 Å². The molecule has 0 bridgehead atoms. The van der Waals surface area contributed by atoms with Gasteiger partial charge in [-0.2, -0.15) is 0 Å². The predicted octanol–water partition coefficient (Wildman–Crippen LogP) is 4.38. The second kappa shape index (κ2) is 5.50. The Kier molecular flexibility index (Phi) is 4.59. The van der Waals surface area contributed by atoms with Crippen LogP contribution in [0.5, 0.6) is 0 Å². The summed E-state index contributed by atoms with van der Waals surface area (Å²) in [6.45, 7) is 2.47. The molecule has 1 N–H and O–H groups in total. The quantitative estimate of drug-likeness (QED) is 0.839. The molecular formula is C10H10Cl3N. The number of aryl methyl sites for hydroxylation is 1. The molecule has 0 heterocycles. The number of anilines is 1. The minimum absolute atomic E-state index is 0.480. The van der Waals surface area contributed by atoms with Crippen molar-refractivity contribution < 1.29 is 0 Å². The van der Waals surface area contributed by atoms with Gasteiger partial charge in [0.05, 0.1) is 17.3 Å². The Morgan fingerprint density at radius 3 is 2.79 bits per heavy atom. The minimum Gasteiger partial charge on any atom is -0.379 e. The molecule has 1 aromatic carbocycles. The lowest BCUT2D eigenvalue weighted by Gasteiger charge is -2.07. The van der Waals surface area contributed by atoms with Gasteiger partial charge in [-0.15, -0.1) is 0 Å². The second-order valence-electron chi connectivity index (χ2n) is 2.89. The smallest absolute Gasteiger partial charge is 0.0640 e. The van der Waals surface area contributed by atoms with E-state index in [0.717, 1.165) is 11.3 Å². The molecule has 0 saturated heterocycles. The zero-order chi connectivity index (χ0) is 10.6. The van der Waals surface area contributed by atoms with E-state index in [9.17, 15) is 0 Å². The topological polar surface area (TPSA) is 12.0 Å². The third-order valence-electron chi connectivity index (χ3n) is 1.69. The van der Waals surface area contributed by atoms with Crippen molar-refractivity contribution in [3.63, 3.8) is 0 Å². The summed E-state index contributed by atoms with van der Waals surface area (Å²) < 4.78 is 0. The maximum Gasteiger partial charge on any atom is 0.0640 e. The summed E-state index contributed by atoms with van der Waals surface area (Å²) in [7, 11) is 0. The van der Waals surface area contributed by atoms with Crippen molar-refractivity contribution >= 4 is 40.5 Å². The molecule has 0 aliphatic carbocycles. The zero-order valence-corrected chi connectivity index (χ0v) is 9.92. The van der Waals surface area contributed by atoms with E-state index in [4.69, 9.17) is 34.8 Å². The van der Waals surface area contributed by atoms with Crippen LogP contribution in [0.15, 0.2) is 28.8 Å². The van der Waals surface area contributed by atoms with Crippen LogP contribution in [0, 0.1) is 6.92 Å². The molecule has 1 rings (SSSR count). The second-order valence-corrected chi connectivity index (χ2v) is 4.00. The summed E-state index contributed by atoms with van der Waals surface area (Å²) in [6.07, 6.45) is 0. The van der Waals surface area contributed by atoms with Gasteiger partial charge in [-0.1, -0.05) is 40.9 Å². The first-order valence-electron chi connectivity index (χ1n) is 4.08. The SMILES string of the molecule is Cc1ccc(NC/C(Cl)=C/Cl)c(Cl)c1. The molecule has 0 saturated carbocycles. The molecule has 1 nitrogen and oxygen atoms in total. The third kappa shape index (κ3) is 3.41. The first-order chi connectivity index (χ1) is 6.63. The fourth-order valence-corrected chi connectivity index (χ4v) is 1.43. The zero-order valence-electron chi connectivity index (χ0n) is 7.65. The van der Waals surface area contributed by atoms with Gasteiger partial charge < -0.3 is 5.32 Å². The molecule has 14 heavy (non-hydrogen) atoms. The number of benzene rings is 1. The van der Waals surface area contributed by atoms with Gasteiger partial charge in [0.15, 0.2) is 0 Å². The van der Waals surface area contributed by atoms with Crippen molar-refractivity contribution in [2.24, 2.45) is 0 Å². The van der Waals surface area contributed by atoms with Crippen molar-refractivity contribution in [1.29, 1.82) is 0 Å². The summed E-state index contributed by atoms with van der Waals surface area (Å²) in [5.41, 5.74) is 3.31. The first-order valence-corrected chi connectivity index (χ1v) is 5.27. The number of rotatable bonds is 3. The van der Waals surface area contributed by atoms with Crippen LogP contribution in [-0.4, -0.2) is 6.54 Å². The highest BCUT2D eigenvalue weighted by Crippen LogP contribution is 2.23. The molecule has 0 aromatic heterocycles. The fourth-order valence-electron chi connectivity index (χ4n) is 0.982. The summed E-state index contributed by atoms with van der Waals surface area (Å²) in [5, 5.41) is 4.30. The Balaban J connectivity index is 2.68. The highest BCUT2D eigenvalue weighted by atomic mass is 35.5. The number of hydrogen-bond acceptors (Lipinski definition) is 1. The summed E-state index contributed by atoms with van der Waals surface area (Å²) in [6, 6.07) is 5.78. The number of halogens is 3. The maximum atomic E-state index is 6.00. The first kappa shape index (κ1) is 11.7. The van der Waals surface area contributed by atoms with Crippen LogP contribution in [0.3, 0.4) is 0 Å². The molecule has 76 valence electrons. The molecule has 0 aliphatic heterocycles. The predicted molar refractivity (Wildman–Crippen MR) is 64.5 cm³/mol. The molecule has 4 heteroatoms. The lowest BCUT2D eigenvalue weighted by atomic mass is 10.2. The fraction of sp³-hybridized carbons (Fsp3) is 0.200. The number of hydrogen-bond donors (Lipinski definition) is 1. The molecule has 0 spiro atoms. The molecule has 0 radical (unpaired) electrons. The standard InChI is InChI=1S/C10H10Cl3N/c1-7-2-3-10(9(13)4-7)14-6-8(12)5-11/h2-5,14H,6H2,1H3/b8-5-. The molecule has 1 aromatic rings. The van der Waals surface area contributed by atoms with Crippen LogP contribution in [-0.2, 0) is 0 Å². The summed E-state index contributed by atoms with van der Waals surface area (Å²) >= 11 is 17.1. The largest absolute Gasteiger partial charge is 0.379 e. The maximum absolute atomic E-state index is 6.00. The average molecular weight is 251 g/mol. The Hall–Kier alpha value is -0.370. The summed E-state index contributed by atoms with van der Waals surface area (Å²) in [5.74, 6) is 0. The van der Waals surface area contributed by atoms with Gasteiger partial charge in [-0.3, -0.25) is 0 Å². The molecular weight excluding hydrogens is 240 g/mol. The van der Waals surface area contributed by atoms with E-state index < -0.39 is 0 Å². The molecule has 0 amide bonds. The lowest BCUT2D eigenvalue weighted by Crippen LogP contribution is -2.01. The summed E-state index contributed by atoms with van der Waals surface area (Å²) in [4.78, 5) is 0. The Morgan fingerprint density at radius 1 is 1.50 bits per heavy atom. The van der Waals surface area contributed by atoms with Gasteiger partial charge in [0.2, 0.25) is 0 Å². The monoisotopic (exact) mass is 249 g/mol. The van der Waals surface area contributed by atoms with Gasteiger partial charge in [0.25, 0.3) is 0 Å². The van der Waals surface area contributed by atoms with Gasteiger partial charge >= 0.3 is 0 Å². The van der Waals surface area contributed by atoms with Crippen molar-refractivity contribution in [3.8, 4) is 0 Å². The third-order valence-corrected chi connectivity index (χ3v) is 2.62. The van der Waals surface area contributed by atoms with E-state index in [1.54, 1.807) is 0 Å². The highest BCUT2D eigenvalue weighted by Gasteiger charge is 1.99. The molecule has 0 fully saturated rings. The Labute approximate surface area is 98.7 Å².